The fraction of sp³-hybridized carbons (Fsp3) is 0.435. The van der Waals surface area contributed by atoms with Gasteiger partial charge in [-0.3, -0.25) is 4.79 Å². The minimum absolute atomic E-state index is 0.173. The minimum atomic E-state index is -3.60. The van der Waals surface area contributed by atoms with Crippen molar-refractivity contribution in [3.05, 3.63) is 65.2 Å². The zero-order valence-corrected chi connectivity index (χ0v) is 18.5. The first-order chi connectivity index (χ1) is 14.2. The van der Waals surface area contributed by atoms with Crippen LogP contribution in [0.15, 0.2) is 53.4 Å². The van der Waals surface area contributed by atoms with Crippen LogP contribution in [0.1, 0.15) is 36.5 Å². The molecule has 0 aromatic heterocycles. The molecular weight excluding hydrogens is 400 g/mol. The third-order valence-electron chi connectivity index (χ3n) is 6.14. The number of nitrogens with one attached hydrogen (secondary N) is 1. The van der Waals surface area contributed by atoms with E-state index in [1.165, 1.54) is 11.2 Å². The molecule has 1 heterocycles. The van der Waals surface area contributed by atoms with E-state index in [-0.39, 0.29) is 23.9 Å². The highest BCUT2D eigenvalue weighted by atomic mass is 32.2. The SMILES string of the molecule is CC(=O)NC1(C2(OCc3cccc(C)c3)CC2)CN(S(=O)(=O)c2ccc(C)cc2)C1. The second-order valence-corrected chi connectivity index (χ2v) is 10.6. The summed E-state index contributed by atoms with van der Waals surface area (Å²) in [5.74, 6) is -0.173. The summed E-state index contributed by atoms with van der Waals surface area (Å²) in [5.41, 5.74) is 2.02. The molecule has 1 saturated carbocycles. The highest BCUT2D eigenvalue weighted by Crippen LogP contribution is 2.53. The maximum atomic E-state index is 13.0. The molecule has 1 saturated heterocycles. The van der Waals surface area contributed by atoms with E-state index in [1.807, 2.05) is 32.0 Å². The van der Waals surface area contributed by atoms with Gasteiger partial charge < -0.3 is 10.1 Å². The van der Waals surface area contributed by atoms with Crippen molar-refractivity contribution < 1.29 is 17.9 Å². The summed E-state index contributed by atoms with van der Waals surface area (Å²) in [6.07, 6.45) is 1.61. The second-order valence-electron chi connectivity index (χ2n) is 8.62. The molecule has 0 bridgehead atoms. The van der Waals surface area contributed by atoms with Crippen LogP contribution in [0.4, 0.5) is 0 Å². The predicted molar refractivity (Wildman–Crippen MR) is 114 cm³/mol. The highest BCUT2D eigenvalue weighted by molar-refractivity contribution is 7.89. The molecule has 2 aromatic carbocycles. The number of nitrogens with zero attached hydrogens (tertiary/aromatic N) is 1. The molecule has 7 heteroatoms. The van der Waals surface area contributed by atoms with Gasteiger partial charge in [0, 0.05) is 20.0 Å². The number of ether oxygens (including phenoxy) is 1. The van der Waals surface area contributed by atoms with Gasteiger partial charge in [0.2, 0.25) is 15.9 Å². The maximum Gasteiger partial charge on any atom is 0.243 e. The summed E-state index contributed by atoms with van der Waals surface area (Å²) in [6, 6.07) is 15.0. The molecular formula is C23H28N2O4S. The third kappa shape index (κ3) is 3.77. The van der Waals surface area contributed by atoms with Gasteiger partial charge in [-0.1, -0.05) is 47.5 Å². The normalized spacial score (nSPS) is 19.7. The molecule has 6 nitrogen and oxygen atoms in total. The molecule has 2 aromatic rings. The van der Waals surface area contributed by atoms with Crippen LogP contribution in [0.5, 0.6) is 0 Å². The number of carbonyl (C=O) groups excluding carboxylic acids is 1. The van der Waals surface area contributed by atoms with E-state index in [4.69, 9.17) is 4.74 Å². The Morgan fingerprint density at radius 1 is 1.07 bits per heavy atom. The molecule has 1 aliphatic heterocycles. The molecule has 30 heavy (non-hydrogen) atoms. The van der Waals surface area contributed by atoms with Gasteiger partial charge in [0.15, 0.2) is 0 Å². The van der Waals surface area contributed by atoms with Gasteiger partial charge in [-0.15, -0.1) is 0 Å². The van der Waals surface area contributed by atoms with E-state index in [9.17, 15) is 13.2 Å². The average Bonchev–Trinajstić information content (AvgIpc) is 3.44. The Bertz CT molecular complexity index is 1050. The summed E-state index contributed by atoms with van der Waals surface area (Å²) < 4.78 is 33.8. The average molecular weight is 429 g/mol. The standard InChI is InChI=1S/C23H28N2O4S/c1-17-7-9-21(10-8-17)30(27,28)25-15-22(16-25,24-19(3)26)23(11-12-23)29-14-20-6-4-5-18(2)13-20/h4-10,13H,11-12,14-16H2,1-3H3,(H,24,26). The van der Waals surface area contributed by atoms with Crippen molar-refractivity contribution in [1.82, 2.24) is 9.62 Å². The Morgan fingerprint density at radius 2 is 1.73 bits per heavy atom. The van der Waals surface area contributed by atoms with E-state index in [2.05, 4.69) is 11.4 Å². The van der Waals surface area contributed by atoms with Gasteiger partial charge in [0.25, 0.3) is 0 Å². The van der Waals surface area contributed by atoms with Crippen LogP contribution < -0.4 is 5.32 Å². The molecule has 2 fully saturated rings. The monoisotopic (exact) mass is 428 g/mol. The van der Waals surface area contributed by atoms with Crippen molar-refractivity contribution in [2.75, 3.05) is 13.1 Å². The second kappa shape index (κ2) is 7.48. The lowest BCUT2D eigenvalue weighted by atomic mass is 9.83. The number of aryl methyl sites for hydroxylation is 2. The van der Waals surface area contributed by atoms with Crippen LogP contribution in [0.2, 0.25) is 0 Å². The predicted octanol–water partition coefficient (Wildman–Crippen LogP) is 2.93. The molecule has 0 spiro atoms. The van der Waals surface area contributed by atoms with Crippen molar-refractivity contribution in [1.29, 1.82) is 0 Å². The molecule has 0 radical (unpaired) electrons. The number of benzene rings is 2. The van der Waals surface area contributed by atoms with Gasteiger partial charge in [-0.25, -0.2) is 8.42 Å². The summed E-state index contributed by atoms with van der Waals surface area (Å²) in [4.78, 5) is 12.2. The van der Waals surface area contributed by atoms with Crippen molar-refractivity contribution in [2.45, 2.75) is 56.3 Å². The van der Waals surface area contributed by atoms with Crippen LogP contribution in [0, 0.1) is 13.8 Å². The molecule has 1 amide bonds. The lowest BCUT2D eigenvalue weighted by Crippen LogP contribution is -2.77. The molecule has 2 aliphatic rings. The van der Waals surface area contributed by atoms with Crippen molar-refractivity contribution in [2.24, 2.45) is 0 Å². The Kier molecular flexibility index (Phi) is 5.24. The van der Waals surface area contributed by atoms with Gasteiger partial charge in [0.1, 0.15) is 0 Å². The molecule has 160 valence electrons. The van der Waals surface area contributed by atoms with Gasteiger partial charge >= 0.3 is 0 Å². The zero-order chi connectivity index (χ0) is 21.6. The highest BCUT2D eigenvalue weighted by Gasteiger charge is 2.67. The van der Waals surface area contributed by atoms with Crippen LogP contribution in [0.25, 0.3) is 0 Å². The number of sulfonamides is 1. The van der Waals surface area contributed by atoms with Crippen LogP contribution >= 0.6 is 0 Å². The first kappa shape index (κ1) is 21.0. The van der Waals surface area contributed by atoms with Crippen LogP contribution in [-0.2, 0) is 26.2 Å². The van der Waals surface area contributed by atoms with Gasteiger partial charge in [0.05, 0.1) is 22.6 Å². The van der Waals surface area contributed by atoms with E-state index in [1.54, 1.807) is 24.3 Å². The Hall–Kier alpha value is -2.22. The lowest BCUT2D eigenvalue weighted by molar-refractivity contribution is -0.132. The fourth-order valence-corrected chi connectivity index (χ4v) is 5.86. The quantitative estimate of drug-likeness (QED) is 0.736. The number of amides is 1. The number of hydrogen-bond donors (Lipinski definition) is 1. The topological polar surface area (TPSA) is 75.7 Å². The Labute approximate surface area is 178 Å². The summed E-state index contributed by atoms with van der Waals surface area (Å²) in [6.45, 7) is 6.30. The number of hydrogen-bond acceptors (Lipinski definition) is 4. The van der Waals surface area contributed by atoms with Crippen molar-refractivity contribution in [3.8, 4) is 0 Å². The molecule has 4 rings (SSSR count). The van der Waals surface area contributed by atoms with Crippen LogP contribution in [-0.4, -0.2) is 42.9 Å². The molecule has 1 N–H and O–H groups in total. The first-order valence-electron chi connectivity index (χ1n) is 10.2. The van der Waals surface area contributed by atoms with E-state index >= 15 is 0 Å². The molecule has 1 aliphatic carbocycles. The maximum absolute atomic E-state index is 13.0. The molecule has 0 unspecified atom stereocenters. The van der Waals surface area contributed by atoms with E-state index in [0.717, 1.165) is 29.5 Å². The smallest absolute Gasteiger partial charge is 0.243 e. The van der Waals surface area contributed by atoms with Gasteiger partial charge in [-0.05, 0) is 44.4 Å². The lowest BCUT2D eigenvalue weighted by Gasteiger charge is -2.53. The zero-order valence-electron chi connectivity index (χ0n) is 17.6. The summed E-state index contributed by atoms with van der Waals surface area (Å²) in [5, 5.41) is 3.04. The molecule has 0 atom stereocenters. The summed E-state index contributed by atoms with van der Waals surface area (Å²) in [7, 11) is -3.60. The van der Waals surface area contributed by atoms with Crippen molar-refractivity contribution >= 4 is 15.9 Å². The number of rotatable bonds is 7. The van der Waals surface area contributed by atoms with E-state index < -0.39 is 21.2 Å². The van der Waals surface area contributed by atoms with Gasteiger partial charge in [-0.2, -0.15) is 4.31 Å². The summed E-state index contributed by atoms with van der Waals surface area (Å²) >= 11 is 0. The largest absolute Gasteiger partial charge is 0.368 e. The Balaban J connectivity index is 1.52. The Morgan fingerprint density at radius 3 is 2.30 bits per heavy atom. The third-order valence-corrected chi connectivity index (χ3v) is 7.95. The van der Waals surface area contributed by atoms with E-state index in [0.29, 0.717) is 6.61 Å². The number of carbonyl (C=O) groups is 1. The first-order valence-corrected chi connectivity index (χ1v) is 11.6. The minimum Gasteiger partial charge on any atom is -0.368 e. The van der Waals surface area contributed by atoms with Crippen LogP contribution in [0.3, 0.4) is 0 Å². The van der Waals surface area contributed by atoms with Crippen molar-refractivity contribution in [3.63, 3.8) is 0 Å². The fourth-order valence-electron chi connectivity index (χ4n) is 4.30.